The van der Waals surface area contributed by atoms with Gasteiger partial charge in [-0.15, -0.1) is 0 Å². The highest BCUT2D eigenvalue weighted by Gasteiger charge is 2.21. The molecule has 0 aromatic carbocycles. The number of aliphatic hydroxyl groups is 1. The van der Waals surface area contributed by atoms with E-state index in [1.165, 1.54) is 0 Å². The lowest BCUT2D eigenvalue weighted by Gasteiger charge is -2.32. The molecule has 1 fully saturated rings. The normalized spacial score (nSPS) is 20.6. The molecule has 1 aromatic rings. The lowest BCUT2D eigenvalue weighted by molar-refractivity contribution is 0.208. The van der Waals surface area contributed by atoms with Crippen LogP contribution < -0.4 is 4.90 Å². The monoisotopic (exact) mass is 235 g/mol. The molecule has 1 aliphatic heterocycles. The fourth-order valence-electron chi connectivity index (χ4n) is 2.34. The topological polar surface area (TPSA) is 49.2 Å². The summed E-state index contributed by atoms with van der Waals surface area (Å²) in [7, 11) is 0. The van der Waals surface area contributed by atoms with Crippen molar-refractivity contribution in [1.29, 1.82) is 0 Å². The van der Waals surface area contributed by atoms with Gasteiger partial charge < -0.3 is 10.0 Å². The molecule has 0 aliphatic carbocycles. The largest absolute Gasteiger partial charge is 0.396 e. The van der Waals surface area contributed by atoms with Crippen LogP contribution in [0.15, 0.2) is 6.07 Å². The van der Waals surface area contributed by atoms with E-state index in [1.807, 2.05) is 13.0 Å². The van der Waals surface area contributed by atoms with Gasteiger partial charge in [-0.1, -0.05) is 6.92 Å². The number of nitrogens with zero attached hydrogens (tertiary/aromatic N) is 3. The lowest BCUT2D eigenvalue weighted by Crippen LogP contribution is -2.38. The second kappa shape index (κ2) is 5.45. The highest BCUT2D eigenvalue weighted by atomic mass is 16.3. The molecule has 4 heteroatoms. The molecule has 0 bridgehead atoms. The zero-order valence-electron chi connectivity index (χ0n) is 10.7. The number of anilines is 1. The van der Waals surface area contributed by atoms with Crippen LogP contribution in [-0.2, 0) is 6.42 Å². The zero-order chi connectivity index (χ0) is 12.3. The predicted molar refractivity (Wildman–Crippen MR) is 68.2 cm³/mol. The van der Waals surface area contributed by atoms with Crippen LogP contribution in [0.2, 0.25) is 0 Å². The smallest absolute Gasteiger partial charge is 0.225 e. The van der Waals surface area contributed by atoms with Crippen molar-refractivity contribution in [3.8, 4) is 0 Å². The van der Waals surface area contributed by atoms with Gasteiger partial charge in [0.25, 0.3) is 0 Å². The Balaban J connectivity index is 2.18. The SMILES string of the molecule is CCc1cc(C)nc(N2CCCC(CO)C2)n1. The fraction of sp³-hybridized carbons (Fsp3) is 0.692. The second-order valence-corrected chi connectivity index (χ2v) is 4.79. The minimum atomic E-state index is 0.267. The summed E-state index contributed by atoms with van der Waals surface area (Å²) in [6, 6.07) is 2.04. The molecule has 0 saturated carbocycles. The Morgan fingerprint density at radius 3 is 3.00 bits per heavy atom. The molecule has 0 radical (unpaired) electrons. The quantitative estimate of drug-likeness (QED) is 0.863. The Morgan fingerprint density at radius 1 is 1.47 bits per heavy atom. The van der Waals surface area contributed by atoms with Crippen LogP contribution in [0.1, 0.15) is 31.2 Å². The maximum Gasteiger partial charge on any atom is 0.225 e. The van der Waals surface area contributed by atoms with Crippen molar-refractivity contribution in [3.05, 3.63) is 17.5 Å². The van der Waals surface area contributed by atoms with Crippen molar-refractivity contribution >= 4 is 5.95 Å². The molecule has 1 unspecified atom stereocenters. The summed E-state index contributed by atoms with van der Waals surface area (Å²) >= 11 is 0. The van der Waals surface area contributed by atoms with Gasteiger partial charge in [0, 0.05) is 31.1 Å². The summed E-state index contributed by atoms with van der Waals surface area (Å²) in [5.74, 6) is 1.21. The number of aromatic nitrogens is 2. The van der Waals surface area contributed by atoms with Crippen LogP contribution in [0.25, 0.3) is 0 Å². The number of piperidine rings is 1. The van der Waals surface area contributed by atoms with Crippen molar-refractivity contribution in [2.45, 2.75) is 33.1 Å². The van der Waals surface area contributed by atoms with Crippen LogP contribution in [0, 0.1) is 12.8 Å². The molecule has 94 valence electrons. The van der Waals surface area contributed by atoms with Crippen LogP contribution in [0.3, 0.4) is 0 Å². The summed E-state index contributed by atoms with van der Waals surface area (Å²) in [5.41, 5.74) is 2.12. The molecule has 1 aliphatic rings. The van der Waals surface area contributed by atoms with Crippen molar-refractivity contribution in [3.63, 3.8) is 0 Å². The van der Waals surface area contributed by atoms with E-state index < -0.39 is 0 Å². The van der Waals surface area contributed by atoms with Gasteiger partial charge in [-0.25, -0.2) is 9.97 Å². The van der Waals surface area contributed by atoms with Gasteiger partial charge in [-0.3, -0.25) is 0 Å². The van der Waals surface area contributed by atoms with E-state index in [2.05, 4.69) is 21.8 Å². The number of hydrogen-bond acceptors (Lipinski definition) is 4. The van der Waals surface area contributed by atoms with Crippen LogP contribution in [0.4, 0.5) is 5.95 Å². The first-order valence-electron chi connectivity index (χ1n) is 6.43. The van der Waals surface area contributed by atoms with Crippen LogP contribution in [-0.4, -0.2) is 34.8 Å². The van der Waals surface area contributed by atoms with Crippen LogP contribution in [0.5, 0.6) is 0 Å². The third kappa shape index (κ3) is 2.94. The van der Waals surface area contributed by atoms with Crippen molar-refractivity contribution in [1.82, 2.24) is 9.97 Å². The van der Waals surface area contributed by atoms with E-state index in [-0.39, 0.29) is 6.61 Å². The van der Waals surface area contributed by atoms with E-state index in [0.717, 1.165) is 49.7 Å². The molecule has 1 saturated heterocycles. The Morgan fingerprint density at radius 2 is 2.29 bits per heavy atom. The van der Waals surface area contributed by atoms with E-state index in [1.54, 1.807) is 0 Å². The Bertz CT molecular complexity index is 381. The minimum Gasteiger partial charge on any atom is -0.396 e. The minimum absolute atomic E-state index is 0.267. The van der Waals surface area contributed by atoms with Gasteiger partial charge in [0.15, 0.2) is 0 Å². The van der Waals surface area contributed by atoms with Gasteiger partial charge in [0.05, 0.1) is 0 Å². The number of hydrogen-bond donors (Lipinski definition) is 1. The highest BCUT2D eigenvalue weighted by Crippen LogP contribution is 2.20. The molecular formula is C13H21N3O. The summed E-state index contributed by atoms with van der Waals surface area (Å²) < 4.78 is 0. The molecule has 17 heavy (non-hydrogen) atoms. The van der Waals surface area contributed by atoms with Gasteiger partial charge >= 0.3 is 0 Å². The van der Waals surface area contributed by atoms with E-state index >= 15 is 0 Å². The number of aliphatic hydroxyl groups excluding tert-OH is 1. The lowest BCUT2D eigenvalue weighted by atomic mass is 9.99. The average Bonchev–Trinajstić information content (AvgIpc) is 2.38. The average molecular weight is 235 g/mol. The Hall–Kier alpha value is -1.16. The molecule has 0 amide bonds. The van der Waals surface area contributed by atoms with Crippen molar-refractivity contribution in [2.24, 2.45) is 5.92 Å². The van der Waals surface area contributed by atoms with E-state index in [0.29, 0.717) is 5.92 Å². The first kappa shape index (κ1) is 12.3. The zero-order valence-corrected chi connectivity index (χ0v) is 10.7. The Labute approximate surface area is 103 Å². The van der Waals surface area contributed by atoms with E-state index in [4.69, 9.17) is 0 Å². The maximum absolute atomic E-state index is 9.24. The van der Waals surface area contributed by atoms with Gasteiger partial charge in [0.2, 0.25) is 5.95 Å². The molecule has 1 atom stereocenters. The molecule has 2 heterocycles. The van der Waals surface area contributed by atoms with E-state index in [9.17, 15) is 5.11 Å². The van der Waals surface area contributed by atoms with Crippen molar-refractivity contribution in [2.75, 3.05) is 24.6 Å². The maximum atomic E-state index is 9.24. The molecule has 0 spiro atoms. The summed E-state index contributed by atoms with van der Waals surface area (Å²) in [6.07, 6.45) is 3.16. The fourth-order valence-corrected chi connectivity index (χ4v) is 2.34. The predicted octanol–water partition coefficient (Wildman–Crippen LogP) is 1.56. The van der Waals surface area contributed by atoms with Crippen LogP contribution >= 0.6 is 0 Å². The molecule has 2 rings (SSSR count). The third-order valence-corrected chi connectivity index (χ3v) is 3.32. The van der Waals surface area contributed by atoms with Gasteiger partial charge in [0.1, 0.15) is 0 Å². The molecular weight excluding hydrogens is 214 g/mol. The Kier molecular flexibility index (Phi) is 3.94. The summed E-state index contributed by atoms with van der Waals surface area (Å²) in [6.45, 7) is 6.27. The van der Waals surface area contributed by atoms with Gasteiger partial charge in [-0.05, 0) is 38.2 Å². The molecule has 1 N–H and O–H groups in total. The molecule has 4 nitrogen and oxygen atoms in total. The summed E-state index contributed by atoms with van der Waals surface area (Å²) in [5, 5.41) is 9.24. The standard InChI is InChI=1S/C13H21N3O/c1-3-12-7-10(2)14-13(15-12)16-6-4-5-11(8-16)9-17/h7,11,17H,3-6,8-9H2,1-2H3. The van der Waals surface area contributed by atoms with Gasteiger partial charge in [-0.2, -0.15) is 0 Å². The first-order chi connectivity index (χ1) is 8.22. The second-order valence-electron chi connectivity index (χ2n) is 4.79. The first-order valence-corrected chi connectivity index (χ1v) is 6.43. The van der Waals surface area contributed by atoms with Crippen molar-refractivity contribution < 1.29 is 5.11 Å². The number of rotatable bonds is 3. The summed E-state index contributed by atoms with van der Waals surface area (Å²) in [4.78, 5) is 11.3. The highest BCUT2D eigenvalue weighted by molar-refractivity contribution is 5.33. The third-order valence-electron chi connectivity index (χ3n) is 3.32. The molecule has 1 aromatic heterocycles. The number of aryl methyl sites for hydroxylation is 2.